The van der Waals surface area contributed by atoms with Crippen molar-refractivity contribution in [1.82, 2.24) is 10.2 Å². The van der Waals surface area contributed by atoms with Crippen LogP contribution >= 0.6 is 15.9 Å². The number of aromatic amines is 1. The molecule has 0 bridgehead atoms. The number of carbonyl (C=O) groups excluding carboxylic acids is 1. The Balaban J connectivity index is 2.25. The highest BCUT2D eigenvalue weighted by Crippen LogP contribution is 2.24. The molecule has 0 radical (unpaired) electrons. The van der Waals surface area contributed by atoms with E-state index in [-0.39, 0.29) is 21.9 Å². The summed E-state index contributed by atoms with van der Waals surface area (Å²) in [6.45, 7) is 1.82. The fourth-order valence-corrected chi connectivity index (χ4v) is 2.00. The summed E-state index contributed by atoms with van der Waals surface area (Å²) in [6.07, 6.45) is 0. The molecule has 1 amide bonds. The van der Waals surface area contributed by atoms with Gasteiger partial charge in [0.15, 0.2) is 11.5 Å². The normalized spacial score (nSPS) is 10.2. The molecule has 2 aromatic rings. The third-order valence-corrected chi connectivity index (χ3v) is 3.31. The number of carboxylic acids is 1. The number of anilines is 1. The lowest BCUT2D eigenvalue weighted by Crippen LogP contribution is -2.13. The summed E-state index contributed by atoms with van der Waals surface area (Å²) < 4.78 is 0.210. The minimum atomic E-state index is -1.16. The van der Waals surface area contributed by atoms with E-state index in [1.807, 2.05) is 19.1 Å². The van der Waals surface area contributed by atoms with Crippen molar-refractivity contribution < 1.29 is 14.7 Å². The second-order valence-electron chi connectivity index (χ2n) is 3.84. The van der Waals surface area contributed by atoms with Crippen LogP contribution in [0.5, 0.6) is 0 Å². The van der Waals surface area contributed by atoms with Gasteiger partial charge in [-0.25, -0.2) is 4.79 Å². The topological polar surface area (TPSA) is 95.1 Å². The molecule has 1 heterocycles. The standard InChI is InChI=1S/C12H10BrN3O3/c1-6-4-2-3-5-7(6)11(17)14-10-8(13)9(12(18)19)15-16-10/h2-5H,1H3,(H,18,19)(H2,14,15,16,17). The van der Waals surface area contributed by atoms with Crippen LogP contribution in [0.1, 0.15) is 26.4 Å². The first-order chi connectivity index (χ1) is 9.00. The lowest BCUT2D eigenvalue weighted by Gasteiger charge is -2.05. The first-order valence-corrected chi connectivity index (χ1v) is 6.14. The molecule has 2 rings (SSSR count). The Morgan fingerprint density at radius 1 is 1.37 bits per heavy atom. The van der Waals surface area contributed by atoms with E-state index in [0.29, 0.717) is 5.56 Å². The summed E-state index contributed by atoms with van der Waals surface area (Å²) in [5.41, 5.74) is 1.22. The van der Waals surface area contributed by atoms with Crippen LogP contribution in [0, 0.1) is 6.92 Å². The van der Waals surface area contributed by atoms with E-state index in [9.17, 15) is 9.59 Å². The summed E-state index contributed by atoms with van der Waals surface area (Å²) in [5.74, 6) is -1.36. The minimum absolute atomic E-state index is 0.111. The van der Waals surface area contributed by atoms with Crippen molar-refractivity contribution in [2.75, 3.05) is 5.32 Å². The van der Waals surface area contributed by atoms with E-state index in [4.69, 9.17) is 5.11 Å². The van der Waals surface area contributed by atoms with Gasteiger partial charge in [0.2, 0.25) is 0 Å². The Morgan fingerprint density at radius 3 is 2.63 bits per heavy atom. The number of hydrogen-bond donors (Lipinski definition) is 3. The van der Waals surface area contributed by atoms with Gasteiger partial charge in [-0.05, 0) is 34.5 Å². The molecule has 0 aliphatic rings. The van der Waals surface area contributed by atoms with Crippen LogP contribution < -0.4 is 5.32 Å². The van der Waals surface area contributed by atoms with E-state index >= 15 is 0 Å². The van der Waals surface area contributed by atoms with Gasteiger partial charge in [-0.15, -0.1) is 0 Å². The quantitative estimate of drug-likeness (QED) is 0.808. The van der Waals surface area contributed by atoms with E-state index in [1.54, 1.807) is 12.1 Å². The van der Waals surface area contributed by atoms with Crippen molar-refractivity contribution in [3.05, 3.63) is 45.6 Å². The molecular formula is C12H10BrN3O3. The number of hydrogen-bond acceptors (Lipinski definition) is 3. The number of nitrogens with one attached hydrogen (secondary N) is 2. The number of aromatic nitrogens is 2. The summed E-state index contributed by atoms with van der Waals surface area (Å²) >= 11 is 3.08. The maximum atomic E-state index is 12.0. The number of amides is 1. The zero-order valence-electron chi connectivity index (χ0n) is 9.90. The minimum Gasteiger partial charge on any atom is -0.476 e. The molecule has 0 spiro atoms. The van der Waals surface area contributed by atoms with Crippen molar-refractivity contribution in [1.29, 1.82) is 0 Å². The van der Waals surface area contributed by atoms with Gasteiger partial charge in [-0.1, -0.05) is 18.2 Å². The highest BCUT2D eigenvalue weighted by atomic mass is 79.9. The highest BCUT2D eigenvalue weighted by Gasteiger charge is 2.18. The average molecular weight is 324 g/mol. The Kier molecular flexibility index (Phi) is 3.66. The number of carbonyl (C=O) groups is 2. The van der Waals surface area contributed by atoms with Gasteiger partial charge in [-0.3, -0.25) is 9.89 Å². The number of benzene rings is 1. The SMILES string of the molecule is Cc1ccccc1C(=O)Nc1n[nH]c(C(=O)O)c1Br. The first kappa shape index (κ1) is 13.3. The van der Waals surface area contributed by atoms with Crippen LogP contribution in [-0.4, -0.2) is 27.2 Å². The van der Waals surface area contributed by atoms with Gasteiger partial charge in [-0.2, -0.15) is 5.10 Å². The fourth-order valence-electron chi connectivity index (χ4n) is 1.56. The molecular weight excluding hydrogens is 314 g/mol. The number of H-pyrrole nitrogens is 1. The monoisotopic (exact) mass is 323 g/mol. The number of nitrogens with zero attached hydrogens (tertiary/aromatic N) is 1. The molecule has 98 valence electrons. The Bertz CT molecular complexity index is 651. The summed E-state index contributed by atoms with van der Waals surface area (Å²) in [6, 6.07) is 7.09. The van der Waals surface area contributed by atoms with E-state index in [1.165, 1.54) is 0 Å². The van der Waals surface area contributed by atoms with Crippen molar-refractivity contribution >= 4 is 33.6 Å². The molecule has 0 aliphatic carbocycles. The molecule has 0 saturated carbocycles. The molecule has 0 unspecified atom stereocenters. The zero-order chi connectivity index (χ0) is 14.0. The largest absolute Gasteiger partial charge is 0.476 e. The fraction of sp³-hybridized carbons (Fsp3) is 0.0833. The van der Waals surface area contributed by atoms with Crippen molar-refractivity contribution in [2.45, 2.75) is 6.92 Å². The van der Waals surface area contributed by atoms with Crippen molar-refractivity contribution in [3.63, 3.8) is 0 Å². The molecule has 3 N–H and O–H groups in total. The van der Waals surface area contributed by atoms with Crippen molar-refractivity contribution in [3.8, 4) is 0 Å². The molecule has 7 heteroatoms. The van der Waals surface area contributed by atoms with E-state index in [0.717, 1.165) is 5.56 Å². The lowest BCUT2D eigenvalue weighted by atomic mass is 10.1. The number of aromatic carboxylic acids is 1. The Hall–Kier alpha value is -2.15. The van der Waals surface area contributed by atoms with Crippen LogP contribution in [0.2, 0.25) is 0 Å². The predicted molar refractivity (Wildman–Crippen MR) is 72.4 cm³/mol. The van der Waals surface area contributed by atoms with Crippen LogP contribution in [0.4, 0.5) is 5.82 Å². The maximum Gasteiger partial charge on any atom is 0.355 e. The molecule has 0 aliphatic heterocycles. The van der Waals surface area contributed by atoms with Gasteiger partial charge in [0, 0.05) is 5.56 Å². The Morgan fingerprint density at radius 2 is 2.05 bits per heavy atom. The molecule has 1 aromatic carbocycles. The van der Waals surface area contributed by atoms with Crippen LogP contribution in [0.3, 0.4) is 0 Å². The third-order valence-electron chi connectivity index (χ3n) is 2.54. The smallest absolute Gasteiger partial charge is 0.355 e. The van der Waals surface area contributed by atoms with Gasteiger partial charge < -0.3 is 10.4 Å². The van der Waals surface area contributed by atoms with Crippen molar-refractivity contribution in [2.24, 2.45) is 0 Å². The average Bonchev–Trinajstić information content (AvgIpc) is 2.71. The third kappa shape index (κ3) is 2.65. The molecule has 0 saturated heterocycles. The van der Waals surface area contributed by atoms with Gasteiger partial charge in [0.1, 0.15) is 0 Å². The summed E-state index contributed by atoms with van der Waals surface area (Å²) in [5, 5.41) is 17.5. The van der Waals surface area contributed by atoms with Crippen LogP contribution in [0.15, 0.2) is 28.7 Å². The van der Waals surface area contributed by atoms with E-state index in [2.05, 4.69) is 31.4 Å². The lowest BCUT2D eigenvalue weighted by molar-refractivity contribution is 0.0689. The molecule has 1 aromatic heterocycles. The Labute approximate surface area is 117 Å². The molecule has 19 heavy (non-hydrogen) atoms. The summed E-state index contributed by atoms with van der Waals surface area (Å²) in [7, 11) is 0. The van der Waals surface area contributed by atoms with Gasteiger partial charge in [0.05, 0.1) is 4.47 Å². The van der Waals surface area contributed by atoms with Crippen LogP contribution in [0.25, 0.3) is 0 Å². The second-order valence-corrected chi connectivity index (χ2v) is 4.63. The number of carboxylic acid groups (broad SMARTS) is 1. The highest BCUT2D eigenvalue weighted by molar-refractivity contribution is 9.10. The number of aryl methyl sites for hydroxylation is 1. The van der Waals surface area contributed by atoms with E-state index < -0.39 is 5.97 Å². The molecule has 0 atom stereocenters. The molecule has 6 nitrogen and oxygen atoms in total. The number of rotatable bonds is 3. The first-order valence-electron chi connectivity index (χ1n) is 5.35. The summed E-state index contributed by atoms with van der Waals surface area (Å²) in [4.78, 5) is 22.9. The van der Waals surface area contributed by atoms with Gasteiger partial charge in [0.25, 0.3) is 5.91 Å². The number of halogens is 1. The zero-order valence-corrected chi connectivity index (χ0v) is 11.5. The van der Waals surface area contributed by atoms with Gasteiger partial charge >= 0.3 is 5.97 Å². The predicted octanol–water partition coefficient (Wildman–Crippen LogP) is 2.43. The second kappa shape index (κ2) is 5.23. The maximum absolute atomic E-state index is 12.0. The molecule has 0 fully saturated rings. The van der Waals surface area contributed by atoms with Crippen LogP contribution in [-0.2, 0) is 0 Å².